The number of hydrogen-bond donors (Lipinski definition) is 1. The third-order valence-electron chi connectivity index (χ3n) is 2.47. The highest BCUT2D eigenvalue weighted by Gasteiger charge is 2.24. The van der Waals surface area contributed by atoms with Crippen LogP contribution in [-0.4, -0.2) is 52.8 Å². The fourth-order valence-corrected chi connectivity index (χ4v) is 2.54. The topological polar surface area (TPSA) is 66.8 Å². The summed E-state index contributed by atoms with van der Waals surface area (Å²) in [6, 6.07) is 0. The first-order valence-corrected chi connectivity index (χ1v) is 6.54. The lowest BCUT2D eigenvalue weighted by molar-refractivity contribution is -0.133. The average Bonchev–Trinajstić information content (AvgIpc) is 2.34. The molecule has 1 fully saturated rings. The number of thioether (sulfide) groups is 1. The van der Waals surface area contributed by atoms with Gasteiger partial charge in [-0.3, -0.25) is 4.79 Å². The van der Waals surface area contributed by atoms with Crippen LogP contribution in [0.3, 0.4) is 0 Å². The molecule has 1 heterocycles. The van der Waals surface area contributed by atoms with Gasteiger partial charge in [0, 0.05) is 18.3 Å². The largest absolute Gasteiger partial charge is 0.481 e. The lowest BCUT2D eigenvalue weighted by Gasteiger charge is -2.30. The van der Waals surface area contributed by atoms with Crippen LogP contribution in [0.4, 0.5) is 4.79 Å². The normalized spacial score (nSPS) is 16.6. The Morgan fingerprint density at radius 2 is 2.12 bits per heavy atom. The number of carbonyl (C=O) groups excluding carboxylic acids is 1. The van der Waals surface area contributed by atoms with Crippen molar-refractivity contribution in [3.8, 4) is 0 Å². The third-order valence-corrected chi connectivity index (χ3v) is 3.82. The van der Waals surface area contributed by atoms with Crippen LogP contribution in [0.2, 0.25) is 0 Å². The molecule has 6 heteroatoms. The summed E-state index contributed by atoms with van der Waals surface area (Å²) < 4.78 is 4.93. The molecule has 0 aromatic rings. The van der Waals surface area contributed by atoms with E-state index in [4.69, 9.17) is 9.84 Å². The first kappa shape index (κ1) is 13.9. The van der Waals surface area contributed by atoms with Gasteiger partial charge in [-0.1, -0.05) is 12.7 Å². The maximum Gasteiger partial charge on any atom is 0.410 e. The second-order valence-corrected chi connectivity index (χ2v) is 5.05. The van der Waals surface area contributed by atoms with Crippen molar-refractivity contribution in [3.63, 3.8) is 0 Å². The molecule has 1 amide bonds. The number of rotatable bonds is 5. The lowest BCUT2D eigenvalue weighted by Crippen LogP contribution is -2.39. The van der Waals surface area contributed by atoms with Gasteiger partial charge in [0.15, 0.2) is 0 Å². The Morgan fingerprint density at radius 1 is 1.47 bits per heavy atom. The number of amides is 1. The highest BCUT2D eigenvalue weighted by molar-refractivity contribution is 8.00. The Morgan fingerprint density at radius 3 is 2.65 bits per heavy atom. The van der Waals surface area contributed by atoms with E-state index in [1.54, 1.807) is 4.90 Å². The summed E-state index contributed by atoms with van der Waals surface area (Å²) in [7, 11) is 0. The Labute approximate surface area is 105 Å². The molecule has 1 N–H and O–H groups in total. The highest BCUT2D eigenvalue weighted by atomic mass is 32.2. The molecule has 17 heavy (non-hydrogen) atoms. The van der Waals surface area contributed by atoms with Gasteiger partial charge in [0.25, 0.3) is 0 Å². The Balaban J connectivity index is 2.23. The molecule has 0 aromatic heterocycles. The van der Waals surface area contributed by atoms with Crippen LogP contribution >= 0.6 is 11.8 Å². The second kappa shape index (κ2) is 7.21. The molecule has 0 radical (unpaired) electrons. The molecule has 0 unspecified atom stereocenters. The SMILES string of the molecule is C=CCOC(=O)N1CCC(SCC(=O)O)CC1. The Bertz CT molecular complexity index is 287. The number of nitrogens with zero attached hydrogens (tertiary/aromatic N) is 1. The molecule has 5 nitrogen and oxygen atoms in total. The molecule has 0 spiro atoms. The van der Waals surface area contributed by atoms with E-state index in [1.807, 2.05) is 0 Å². The van der Waals surface area contributed by atoms with E-state index in [0.29, 0.717) is 18.3 Å². The van der Waals surface area contributed by atoms with E-state index in [0.717, 1.165) is 12.8 Å². The third kappa shape index (κ3) is 5.12. The predicted molar refractivity (Wildman–Crippen MR) is 66.2 cm³/mol. The van der Waals surface area contributed by atoms with Crippen LogP contribution < -0.4 is 0 Å². The van der Waals surface area contributed by atoms with Crippen molar-refractivity contribution in [1.29, 1.82) is 0 Å². The minimum atomic E-state index is -0.789. The zero-order chi connectivity index (χ0) is 12.7. The summed E-state index contributed by atoms with van der Waals surface area (Å²) in [5, 5.41) is 8.89. The van der Waals surface area contributed by atoms with E-state index in [-0.39, 0.29) is 18.5 Å². The minimum absolute atomic E-state index is 0.131. The van der Waals surface area contributed by atoms with Gasteiger partial charge in [-0.2, -0.15) is 0 Å². The molecule has 1 saturated heterocycles. The maximum atomic E-state index is 11.5. The molecule has 1 aliphatic rings. The van der Waals surface area contributed by atoms with Gasteiger partial charge in [0.2, 0.25) is 0 Å². The number of ether oxygens (including phenoxy) is 1. The van der Waals surface area contributed by atoms with E-state index in [9.17, 15) is 9.59 Å². The Kier molecular flexibility index (Phi) is 5.90. The second-order valence-electron chi connectivity index (χ2n) is 3.76. The number of piperidine rings is 1. The lowest BCUT2D eigenvalue weighted by atomic mass is 10.1. The van der Waals surface area contributed by atoms with Crippen molar-refractivity contribution < 1.29 is 19.4 Å². The fraction of sp³-hybridized carbons (Fsp3) is 0.636. The van der Waals surface area contributed by atoms with Crippen molar-refractivity contribution >= 4 is 23.8 Å². The summed E-state index contributed by atoms with van der Waals surface area (Å²) in [6.07, 6.45) is 2.86. The molecule has 0 saturated carbocycles. The number of carboxylic acids is 1. The molecule has 96 valence electrons. The number of hydrogen-bond acceptors (Lipinski definition) is 4. The standard InChI is InChI=1S/C11H17NO4S/c1-2-7-16-11(15)12-5-3-9(4-6-12)17-8-10(13)14/h2,9H,1,3-8H2,(H,13,14). The summed E-state index contributed by atoms with van der Waals surface area (Å²) in [4.78, 5) is 23.6. The molecule has 0 aliphatic carbocycles. The minimum Gasteiger partial charge on any atom is -0.481 e. The molecular weight excluding hydrogens is 242 g/mol. The monoisotopic (exact) mass is 259 g/mol. The molecular formula is C11H17NO4S. The van der Waals surface area contributed by atoms with Gasteiger partial charge >= 0.3 is 12.1 Å². The van der Waals surface area contributed by atoms with Crippen LogP contribution in [0.25, 0.3) is 0 Å². The number of carboxylic acid groups (broad SMARTS) is 1. The van der Waals surface area contributed by atoms with Crippen molar-refractivity contribution in [2.45, 2.75) is 18.1 Å². The van der Waals surface area contributed by atoms with Gasteiger partial charge in [-0.25, -0.2) is 4.79 Å². The first-order valence-electron chi connectivity index (χ1n) is 5.49. The van der Waals surface area contributed by atoms with Crippen molar-refractivity contribution in [2.24, 2.45) is 0 Å². The Hall–Kier alpha value is -1.17. The van der Waals surface area contributed by atoms with Gasteiger partial charge in [-0.05, 0) is 12.8 Å². The van der Waals surface area contributed by atoms with E-state index >= 15 is 0 Å². The molecule has 0 aromatic carbocycles. The summed E-state index contributed by atoms with van der Waals surface area (Å²) in [5.74, 6) is -0.659. The zero-order valence-corrected chi connectivity index (χ0v) is 10.4. The maximum absolute atomic E-state index is 11.5. The van der Waals surface area contributed by atoms with Crippen molar-refractivity contribution in [3.05, 3.63) is 12.7 Å². The quantitative estimate of drug-likeness (QED) is 0.759. The van der Waals surface area contributed by atoms with Crippen LogP contribution in [0.5, 0.6) is 0 Å². The van der Waals surface area contributed by atoms with Crippen molar-refractivity contribution in [1.82, 2.24) is 4.90 Å². The number of likely N-dealkylation sites (tertiary alicyclic amines) is 1. The average molecular weight is 259 g/mol. The van der Waals surface area contributed by atoms with Crippen LogP contribution in [0.1, 0.15) is 12.8 Å². The van der Waals surface area contributed by atoms with Crippen LogP contribution in [0.15, 0.2) is 12.7 Å². The molecule has 0 bridgehead atoms. The zero-order valence-electron chi connectivity index (χ0n) is 9.63. The first-order chi connectivity index (χ1) is 8.13. The fourth-order valence-electron chi connectivity index (χ4n) is 1.62. The van der Waals surface area contributed by atoms with Gasteiger partial charge < -0.3 is 14.7 Å². The molecule has 1 aliphatic heterocycles. The predicted octanol–water partition coefficient (Wildman–Crippen LogP) is 1.59. The molecule has 0 atom stereocenters. The van der Waals surface area contributed by atoms with Gasteiger partial charge in [0.05, 0.1) is 5.75 Å². The van der Waals surface area contributed by atoms with Gasteiger partial charge in [-0.15, -0.1) is 11.8 Å². The molecule has 1 rings (SSSR count). The number of aliphatic carboxylic acids is 1. The summed E-state index contributed by atoms with van der Waals surface area (Å²) >= 11 is 1.44. The van der Waals surface area contributed by atoms with Crippen molar-refractivity contribution in [2.75, 3.05) is 25.4 Å². The van der Waals surface area contributed by atoms with E-state index in [1.165, 1.54) is 17.8 Å². The summed E-state index contributed by atoms with van der Waals surface area (Å²) in [5.41, 5.74) is 0. The van der Waals surface area contributed by atoms with Gasteiger partial charge in [0.1, 0.15) is 6.61 Å². The smallest absolute Gasteiger partial charge is 0.410 e. The van der Waals surface area contributed by atoms with Crippen LogP contribution in [-0.2, 0) is 9.53 Å². The summed E-state index contributed by atoms with van der Waals surface area (Å²) in [6.45, 7) is 4.97. The van der Waals surface area contributed by atoms with Crippen LogP contribution in [0, 0.1) is 0 Å². The number of carbonyl (C=O) groups is 2. The van der Waals surface area contributed by atoms with E-state index < -0.39 is 5.97 Å². The highest BCUT2D eigenvalue weighted by Crippen LogP contribution is 2.23. The van der Waals surface area contributed by atoms with E-state index in [2.05, 4.69) is 6.58 Å².